The van der Waals surface area contributed by atoms with Gasteiger partial charge in [-0.3, -0.25) is 0 Å². The highest BCUT2D eigenvalue weighted by Crippen LogP contribution is 2.61. The van der Waals surface area contributed by atoms with Crippen molar-refractivity contribution in [1.29, 1.82) is 0 Å². The molecule has 8 aromatic rings. The van der Waals surface area contributed by atoms with Crippen LogP contribution in [0, 0.1) is 0 Å². The third-order valence-electron chi connectivity index (χ3n) is 12.5. The molecule has 0 unspecified atom stereocenters. The summed E-state index contributed by atoms with van der Waals surface area (Å²) >= 11 is 0. The van der Waals surface area contributed by atoms with E-state index in [9.17, 15) is 0 Å². The molecule has 0 saturated heterocycles. The van der Waals surface area contributed by atoms with Crippen LogP contribution in [0.1, 0.15) is 74.9 Å². The van der Waals surface area contributed by atoms with Crippen LogP contribution in [0.25, 0.3) is 71.5 Å². The standard InChI is InChI=1S/C45H35N/c1-43(2)28-16-10-7-13-24(28)36-31(43)19-21-34-39(36)27-23-33-38(26-15-9-12-18-30(26)45(33,5)6)41-40-35(46(34)42(27)41)22-20-32-37(40)25-14-8-11-17-29(25)44(32,3)4/h7-23H,1-6H3. The second-order valence-corrected chi connectivity index (χ2v) is 15.7. The van der Waals surface area contributed by atoms with E-state index < -0.39 is 0 Å². The van der Waals surface area contributed by atoms with Gasteiger partial charge in [0.05, 0.1) is 16.6 Å². The number of hydrogen-bond acceptors (Lipinski definition) is 0. The van der Waals surface area contributed by atoms with Crippen LogP contribution in [-0.2, 0) is 16.2 Å². The molecule has 0 aliphatic heterocycles. The fourth-order valence-electron chi connectivity index (χ4n) is 10.3. The number of aromatic nitrogens is 1. The van der Waals surface area contributed by atoms with Crippen molar-refractivity contribution in [3.8, 4) is 33.4 Å². The van der Waals surface area contributed by atoms with Crippen molar-refractivity contribution in [2.24, 2.45) is 0 Å². The Morgan fingerprint density at radius 2 is 0.804 bits per heavy atom. The summed E-state index contributed by atoms with van der Waals surface area (Å²) < 4.78 is 2.63. The van der Waals surface area contributed by atoms with Crippen molar-refractivity contribution in [1.82, 2.24) is 4.40 Å². The van der Waals surface area contributed by atoms with Gasteiger partial charge in [0.15, 0.2) is 0 Å². The van der Waals surface area contributed by atoms with E-state index in [0.29, 0.717) is 0 Å². The van der Waals surface area contributed by atoms with Crippen LogP contribution in [0.5, 0.6) is 0 Å². The predicted molar refractivity (Wildman–Crippen MR) is 194 cm³/mol. The van der Waals surface area contributed by atoms with E-state index >= 15 is 0 Å². The van der Waals surface area contributed by atoms with Gasteiger partial charge in [-0.15, -0.1) is 0 Å². The highest BCUT2D eigenvalue weighted by molar-refractivity contribution is 6.33. The van der Waals surface area contributed by atoms with E-state index in [1.165, 1.54) is 105 Å². The fourth-order valence-corrected chi connectivity index (χ4v) is 10.3. The van der Waals surface area contributed by atoms with E-state index in [4.69, 9.17) is 0 Å². The zero-order chi connectivity index (χ0) is 31.1. The van der Waals surface area contributed by atoms with Gasteiger partial charge in [0, 0.05) is 37.8 Å². The van der Waals surface area contributed by atoms with E-state index in [1.807, 2.05) is 0 Å². The van der Waals surface area contributed by atoms with Gasteiger partial charge in [0.1, 0.15) is 0 Å². The Kier molecular flexibility index (Phi) is 4.16. The monoisotopic (exact) mass is 589 g/mol. The second kappa shape index (κ2) is 7.56. The summed E-state index contributed by atoms with van der Waals surface area (Å²) in [6.45, 7) is 14.5. The normalized spacial score (nSPS) is 17.4. The SMILES string of the molecule is CC1(C)c2ccccc2-c2c1ccc1c2c2cc3c(c4c5c6c(ccc5n1c24)C(C)(C)c1ccccc1-6)-c1ccccc1C3(C)C. The van der Waals surface area contributed by atoms with E-state index in [-0.39, 0.29) is 16.2 Å². The summed E-state index contributed by atoms with van der Waals surface area (Å²) in [5.74, 6) is 0. The van der Waals surface area contributed by atoms with Crippen molar-refractivity contribution in [3.05, 3.63) is 137 Å². The molecule has 3 aliphatic rings. The molecule has 0 atom stereocenters. The average Bonchev–Trinajstić information content (AvgIpc) is 3.77. The molecule has 3 aliphatic carbocycles. The molecule has 2 aromatic heterocycles. The van der Waals surface area contributed by atoms with E-state index in [2.05, 4.69) is 149 Å². The summed E-state index contributed by atoms with van der Waals surface area (Å²) in [7, 11) is 0. The smallest absolute Gasteiger partial charge is 0.0627 e. The summed E-state index contributed by atoms with van der Waals surface area (Å²) in [5, 5.41) is 5.65. The van der Waals surface area contributed by atoms with Gasteiger partial charge < -0.3 is 4.40 Å². The molecule has 0 fully saturated rings. The van der Waals surface area contributed by atoms with Crippen LogP contribution in [-0.4, -0.2) is 4.40 Å². The van der Waals surface area contributed by atoms with Crippen molar-refractivity contribution >= 4 is 38.1 Å². The fraction of sp³-hybridized carbons (Fsp3) is 0.200. The highest BCUT2D eigenvalue weighted by Gasteiger charge is 2.43. The molecule has 1 heteroatoms. The maximum atomic E-state index is 2.63. The zero-order valence-electron chi connectivity index (χ0n) is 27.3. The predicted octanol–water partition coefficient (Wildman–Crippen LogP) is 11.8. The molecular formula is C45H35N. The third-order valence-corrected chi connectivity index (χ3v) is 12.5. The minimum Gasteiger partial charge on any atom is -0.308 e. The first-order valence-corrected chi connectivity index (χ1v) is 16.8. The number of fused-ring (bicyclic) bond motifs is 18. The molecule has 46 heavy (non-hydrogen) atoms. The first kappa shape index (κ1) is 25.3. The molecule has 11 rings (SSSR count). The molecule has 0 N–H and O–H groups in total. The lowest BCUT2D eigenvalue weighted by Gasteiger charge is -2.22. The lowest BCUT2D eigenvalue weighted by atomic mass is 9.80. The summed E-state index contributed by atoms with van der Waals surface area (Å²) in [5.41, 5.74) is 20.9. The number of rotatable bonds is 0. The van der Waals surface area contributed by atoms with Gasteiger partial charge in [-0.05, 0) is 85.0 Å². The minimum absolute atomic E-state index is 0.0399. The summed E-state index contributed by atoms with van der Waals surface area (Å²) in [6, 6.07) is 39.7. The Bertz CT molecular complexity index is 2710. The molecule has 2 heterocycles. The van der Waals surface area contributed by atoms with Gasteiger partial charge in [0.25, 0.3) is 0 Å². The second-order valence-electron chi connectivity index (χ2n) is 15.7. The Hall–Kier alpha value is -4.88. The van der Waals surface area contributed by atoms with Crippen LogP contribution in [0.15, 0.2) is 103 Å². The quantitative estimate of drug-likeness (QED) is 0.166. The molecule has 0 radical (unpaired) electrons. The van der Waals surface area contributed by atoms with E-state index in [0.717, 1.165) is 0 Å². The summed E-state index contributed by atoms with van der Waals surface area (Å²) in [4.78, 5) is 0. The summed E-state index contributed by atoms with van der Waals surface area (Å²) in [6.07, 6.45) is 0. The number of nitrogens with zero attached hydrogens (tertiary/aromatic N) is 1. The van der Waals surface area contributed by atoms with Crippen molar-refractivity contribution in [2.45, 2.75) is 57.8 Å². The van der Waals surface area contributed by atoms with Crippen LogP contribution in [0.3, 0.4) is 0 Å². The molecule has 0 saturated carbocycles. The average molecular weight is 590 g/mol. The first-order chi connectivity index (χ1) is 22.1. The van der Waals surface area contributed by atoms with Crippen LogP contribution < -0.4 is 0 Å². The van der Waals surface area contributed by atoms with Gasteiger partial charge in [-0.2, -0.15) is 0 Å². The first-order valence-electron chi connectivity index (χ1n) is 16.8. The molecule has 0 amide bonds. The molecule has 0 bridgehead atoms. The van der Waals surface area contributed by atoms with Crippen LogP contribution in [0.4, 0.5) is 0 Å². The number of hydrogen-bond donors (Lipinski definition) is 0. The van der Waals surface area contributed by atoms with Gasteiger partial charge in [0.2, 0.25) is 0 Å². The van der Waals surface area contributed by atoms with Crippen molar-refractivity contribution in [2.75, 3.05) is 0 Å². The maximum Gasteiger partial charge on any atom is 0.0627 e. The lowest BCUT2D eigenvalue weighted by molar-refractivity contribution is 0.660. The molecular weight excluding hydrogens is 555 g/mol. The molecule has 1 nitrogen and oxygen atoms in total. The van der Waals surface area contributed by atoms with Crippen LogP contribution in [0.2, 0.25) is 0 Å². The van der Waals surface area contributed by atoms with Gasteiger partial charge >= 0.3 is 0 Å². The molecule has 6 aromatic carbocycles. The van der Waals surface area contributed by atoms with Gasteiger partial charge in [-0.25, -0.2) is 0 Å². The van der Waals surface area contributed by atoms with Gasteiger partial charge in [-0.1, -0.05) is 126 Å². The maximum absolute atomic E-state index is 2.63. The largest absolute Gasteiger partial charge is 0.308 e. The molecule has 0 spiro atoms. The Morgan fingerprint density at radius 3 is 1.33 bits per heavy atom. The van der Waals surface area contributed by atoms with E-state index in [1.54, 1.807) is 0 Å². The van der Waals surface area contributed by atoms with Crippen molar-refractivity contribution in [3.63, 3.8) is 0 Å². The Morgan fingerprint density at radius 1 is 0.391 bits per heavy atom. The zero-order valence-corrected chi connectivity index (χ0v) is 27.3. The molecule has 220 valence electrons. The third kappa shape index (κ3) is 2.52. The minimum atomic E-state index is -0.0992. The number of benzene rings is 6. The lowest BCUT2D eigenvalue weighted by Crippen LogP contribution is -2.15. The Balaban J connectivity index is 1.44. The Labute approximate surface area is 269 Å². The van der Waals surface area contributed by atoms with Crippen LogP contribution >= 0.6 is 0 Å². The highest BCUT2D eigenvalue weighted by atomic mass is 14.9. The van der Waals surface area contributed by atoms with Crippen molar-refractivity contribution < 1.29 is 0 Å². The topological polar surface area (TPSA) is 4.41 Å².